The van der Waals surface area contributed by atoms with Gasteiger partial charge in [0, 0.05) is 26.2 Å². The highest BCUT2D eigenvalue weighted by molar-refractivity contribution is 6.45. The third-order valence-electron chi connectivity index (χ3n) is 5.10. The van der Waals surface area contributed by atoms with Crippen LogP contribution in [-0.2, 0) is 9.59 Å². The molecule has 0 atom stereocenters. The third kappa shape index (κ3) is 3.18. The number of benzene rings is 2. The predicted molar refractivity (Wildman–Crippen MR) is 101 cm³/mol. The summed E-state index contributed by atoms with van der Waals surface area (Å²) in [6.07, 6.45) is 0. The molecular weight excluding hydrogens is 364 g/mol. The molecule has 2 aromatic rings. The Balaban J connectivity index is 1.79. The van der Waals surface area contributed by atoms with Gasteiger partial charge in [-0.2, -0.15) is 0 Å². The molecule has 0 spiro atoms. The average Bonchev–Trinajstić information content (AvgIpc) is 2.94. The first-order valence-electron chi connectivity index (χ1n) is 9.04. The van der Waals surface area contributed by atoms with E-state index >= 15 is 0 Å². The van der Waals surface area contributed by atoms with Gasteiger partial charge in [0.15, 0.2) is 0 Å². The Morgan fingerprint density at radius 3 is 1.86 bits per heavy atom. The lowest BCUT2D eigenvalue weighted by Gasteiger charge is -2.34. The first kappa shape index (κ1) is 18.3. The maximum atomic E-state index is 13.4. The molecule has 0 unspecified atom stereocenters. The molecule has 144 valence electrons. The van der Waals surface area contributed by atoms with Gasteiger partial charge in [0.2, 0.25) is 0 Å². The zero-order chi connectivity index (χ0) is 19.8. The fourth-order valence-electron chi connectivity index (χ4n) is 3.54. The Labute approximate surface area is 161 Å². The lowest BCUT2D eigenvalue weighted by molar-refractivity contribution is -0.120. The van der Waals surface area contributed by atoms with Crippen molar-refractivity contribution in [2.45, 2.75) is 0 Å². The molecule has 4 rings (SSSR count). The van der Waals surface area contributed by atoms with E-state index in [0.717, 1.165) is 18.0 Å². The average molecular weight is 383 g/mol. The summed E-state index contributed by atoms with van der Waals surface area (Å²) in [4.78, 5) is 31.6. The summed E-state index contributed by atoms with van der Waals surface area (Å²) in [6, 6.07) is 10.8. The van der Waals surface area contributed by atoms with Gasteiger partial charge in [-0.3, -0.25) is 9.59 Å². The summed E-state index contributed by atoms with van der Waals surface area (Å²) in [6.45, 7) is 2.73. The van der Waals surface area contributed by atoms with E-state index < -0.39 is 23.4 Å². The van der Waals surface area contributed by atoms with Crippen LogP contribution in [0.15, 0.2) is 54.2 Å². The SMILES string of the molecule is CN1CCN(C2=C(c3ccc(F)cc3)C(=O)N(c3ccc(F)cc3)C2=O)CC1. The molecule has 0 aliphatic carbocycles. The molecule has 0 bridgehead atoms. The number of carbonyl (C=O) groups is 2. The van der Waals surface area contributed by atoms with Gasteiger partial charge in [0.25, 0.3) is 11.8 Å². The third-order valence-corrected chi connectivity index (χ3v) is 5.10. The number of imide groups is 1. The van der Waals surface area contributed by atoms with Gasteiger partial charge in [0.1, 0.15) is 17.3 Å². The van der Waals surface area contributed by atoms with Gasteiger partial charge in [-0.05, 0) is 49.0 Å². The van der Waals surface area contributed by atoms with Crippen LogP contribution in [0.5, 0.6) is 0 Å². The largest absolute Gasteiger partial charge is 0.364 e. The molecule has 1 saturated heterocycles. The molecule has 0 saturated carbocycles. The van der Waals surface area contributed by atoms with Gasteiger partial charge in [0.05, 0.1) is 11.3 Å². The lowest BCUT2D eigenvalue weighted by Crippen LogP contribution is -2.46. The van der Waals surface area contributed by atoms with Crippen molar-refractivity contribution in [3.63, 3.8) is 0 Å². The van der Waals surface area contributed by atoms with E-state index in [4.69, 9.17) is 0 Å². The summed E-state index contributed by atoms with van der Waals surface area (Å²) >= 11 is 0. The number of anilines is 1. The number of amides is 2. The van der Waals surface area contributed by atoms with Crippen molar-refractivity contribution in [3.05, 3.63) is 71.4 Å². The van der Waals surface area contributed by atoms with Crippen LogP contribution in [0.1, 0.15) is 5.56 Å². The van der Waals surface area contributed by atoms with E-state index in [1.807, 2.05) is 11.9 Å². The molecule has 2 aliphatic rings. The summed E-state index contributed by atoms with van der Waals surface area (Å²) in [5, 5.41) is 0. The summed E-state index contributed by atoms with van der Waals surface area (Å²) in [7, 11) is 2.00. The monoisotopic (exact) mass is 383 g/mol. The minimum absolute atomic E-state index is 0.249. The minimum Gasteiger partial charge on any atom is -0.364 e. The van der Waals surface area contributed by atoms with E-state index in [1.165, 1.54) is 48.5 Å². The topological polar surface area (TPSA) is 43.9 Å². The van der Waals surface area contributed by atoms with Crippen molar-refractivity contribution in [2.75, 3.05) is 38.1 Å². The van der Waals surface area contributed by atoms with Crippen molar-refractivity contribution in [2.24, 2.45) is 0 Å². The van der Waals surface area contributed by atoms with Crippen LogP contribution >= 0.6 is 0 Å². The quantitative estimate of drug-likeness (QED) is 0.764. The van der Waals surface area contributed by atoms with Gasteiger partial charge in [-0.15, -0.1) is 0 Å². The summed E-state index contributed by atoms with van der Waals surface area (Å²) in [5.41, 5.74) is 1.35. The van der Waals surface area contributed by atoms with E-state index in [0.29, 0.717) is 30.0 Å². The van der Waals surface area contributed by atoms with Gasteiger partial charge in [-0.1, -0.05) is 12.1 Å². The second-order valence-electron chi connectivity index (χ2n) is 6.94. The van der Waals surface area contributed by atoms with Crippen molar-refractivity contribution < 1.29 is 18.4 Å². The molecule has 0 N–H and O–H groups in total. The molecule has 7 heteroatoms. The minimum atomic E-state index is -0.489. The van der Waals surface area contributed by atoms with Crippen molar-refractivity contribution in [1.29, 1.82) is 0 Å². The molecule has 2 amide bonds. The van der Waals surface area contributed by atoms with E-state index in [-0.39, 0.29) is 5.57 Å². The van der Waals surface area contributed by atoms with Crippen LogP contribution in [0.25, 0.3) is 5.57 Å². The van der Waals surface area contributed by atoms with Crippen molar-refractivity contribution >= 4 is 23.1 Å². The molecular formula is C21H19F2N3O2. The molecule has 2 aliphatic heterocycles. The molecule has 1 fully saturated rings. The van der Waals surface area contributed by atoms with Crippen LogP contribution in [-0.4, -0.2) is 54.8 Å². The van der Waals surface area contributed by atoms with Gasteiger partial charge < -0.3 is 9.80 Å². The number of hydrogen-bond acceptors (Lipinski definition) is 4. The number of carbonyl (C=O) groups excluding carboxylic acids is 2. The highest BCUT2D eigenvalue weighted by Gasteiger charge is 2.42. The zero-order valence-corrected chi connectivity index (χ0v) is 15.4. The van der Waals surface area contributed by atoms with Gasteiger partial charge >= 0.3 is 0 Å². The number of piperazine rings is 1. The van der Waals surface area contributed by atoms with E-state index in [1.54, 1.807) is 0 Å². The summed E-state index contributed by atoms with van der Waals surface area (Å²) in [5.74, 6) is -1.80. The fourth-order valence-corrected chi connectivity index (χ4v) is 3.54. The second-order valence-corrected chi connectivity index (χ2v) is 6.94. The second kappa shape index (κ2) is 7.16. The van der Waals surface area contributed by atoms with Crippen LogP contribution < -0.4 is 4.90 Å². The number of halogens is 2. The first-order valence-corrected chi connectivity index (χ1v) is 9.04. The van der Waals surface area contributed by atoms with Crippen LogP contribution in [0.3, 0.4) is 0 Å². The number of nitrogens with zero attached hydrogens (tertiary/aromatic N) is 3. The number of rotatable bonds is 3. The highest BCUT2D eigenvalue weighted by atomic mass is 19.1. The predicted octanol–water partition coefficient (Wildman–Crippen LogP) is 2.50. The molecule has 2 aromatic carbocycles. The maximum Gasteiger partial charge on any atom is 0.282 e. The Morgan fingerprint density at radius 1 is 0.750 bits per heavy atom. The molecule has 28 heavy (non-hydrogen) atoms. The Kier molecular flexibility index (Phi) is 4.68. The zero-order valence-electron chi connectivity index (χ0n) is 15.4. The standard InChI is InChI=1S/C21H19F2N3O2/c1-24-10-12-25(13-11-24)19-18(14-2-4-15(22)5-3-14)20(27)26(21(19)28)17-8-6-16(23)7-9-17/h2-9H,10-13H2,1H3. The Bertz CT molecular complexity index is 947. The maximum absolute atomic E-state index is 13.4. The van der Waals surface area contributed by atoms with E-state index in [2.05, 4.69) is 4.90 Å². The molecule has 0 aromatic heterocycles. The molecule has 2 heterocycles. The van der Waals surface area contributed by atoms with E-state index in [9.17, 15) is 18.4 Å². The molecule has 0 radical (unpaired) electrons. The first-order chi connectivity index (χ1) is 13.5. The fraction of sp³-hybridized carbons (Fsp3) is 0.238. The van der Waals surface area contributed by atoms with Gasteiger partial charge in [-0.25, -0.2) is 13.7 Å². The Morgan fingerprint density at radius 2 is 1.29 bits per heavy atom. The lowest BCUT2D eigenvalue weighted by atomic mass is 10.0. The summed E-state index contributed by atoms with van der Waals surface area (Å²) < 4.78 is 26.7. The normalized spacial score (nSPS) is 18.4. The number of likely N-dealkylation sites (N-methyl/N-ethyl adjacent to an activating group) is 1. The highest BCUT2D eigenvalue weighted by Crippen LogP contribution is 2.35. The van der Waals surface area contributed by atoms with Crippen LogP contribution in [0.4, 0.5) is 14.5 Å². The van der Waals surface area contributed by atoms with Crippen LogP contribution in [0.2, 0.25) is 0 Å². The number of hydrogen-bond donors (Lipinski definition) is 0. The Hall–Kier alpha value is -3.06. The smallest absolute Gasteiger partial charge is 0.282 e. The van der Waals surface area contributed by atoms with Crippen molar-refractivity contribution in [3.8, 4) is 0 Å². The van der Waals surface area contributed by atoms with Crippen molar-refractivity contribution in [1.82, 2.24) is 9.80 Å². The molecule has 5 nitrogen and oxygen atoms in total. The van der Waals surface area contributed by atoms with Crippen LogP contribution in [0, 0.1) is 11.6 Å².